The maximum Gasteiger partial charge on any atom is 0.211 e. The molecule has 0 aromatic carbocycles. The molecule has 1 rings (SSSR count). The third-order valence-electron chi connectivity index (χ3n) is 3.63. The van der Waals surface area contributed by atoms with Crippen LogP contribution in [-0.4, -0.2) is 33.3 Å². The number of nitrogens with one attached hydrogen (secondary N) is 2. The zero-order chi connectivity index (χ0) is 14.8. The van der Waals surface area contributed by atoms with Gasteiger partial charge >= 0.3 is 0 Å². The quantitative estimate of drug-likeness (QED) is 0.514. The van der Waals surface area contributed by atoms with Crippen molar-refractivity contribution in [2.45, 2.75) is 71.3 Å². The third-order valence-corrected chi connectivity index (χ3v) is 5.10. The van der Waals surface area contributed by atoms with Crippen molar-refractivity contribution in [3.8, 4) is 0 Å². The van der Waals surface area contributed by atoms with Crippen molar-refractivity contribution in [2.75, 3.05) is 18.8 Å². The first-order valence-corrected chi connectivity index (χ1v) is 9.85. The topological polar surface area (TPSA) is 58.2 Å². The van der Waals surface area contributed by atoms with Crippen molar-refractivity contribution < 1.29 is 8.42 Å². The van der Waals surface area contributed by atoms with Crippen LogP contribution >= 0.6 is 0 Å². The van der Waals surface area contributed by atoms with Crippen molar-refractivity contribution in [3.05, 3.63) is 0 Å². The van der Waals surface area contributed by atoms with E-state index in [2.05, 4.69) is 23.9 Å². The molecule has 0 aromatic heterocycles. The smallest absolute Gasteiger partial charge is 0.211 e. The molecular formula is C15H32N2O2S. The van der Waals surface area contributed by atoms with E-state index in [1.54, 1.807) is 0 Å². The molecule has 0 amide bonds. The predicted octanol–water partition coefficient (Wildman–Crippen LogP) is 2.65. The van der Waals surface area contributed by atoms with Crippen LogP contribution in [0.3, 0.4) is 0 Å². The normalized spacial score (nSPS) is 15.9. The molecule has 5 heteroatoms. The monoisotopic (exact) mass is 304 g/mol. The maximum absolute atomic E-state index is 11.7. The molecule has 0 heterocycles. The van der Waals surface area contributed by atoms with Crippen LogP contribution in [-0.2, 0) is 10.0 Å². The lowest BCUT2D eigenvalue weighted by Crippen LogP contribution is -2.29. The van der Waals surface area contributed by atoms with Crippen molar-refractivity contribution >= 4 is 10.0 Å². The second-order valence-electron chi connectivity index (χ2n) is 6.39. The van der Waals surface area contributed by atoms with E-state index >= 15 is 0 Å². The van der Waals surface area contributed by atoms with Crippen LogP contribution in [0.15, 0.2) is 0 Å². The van der Waals surface area contributed by atoms with Crippen LogP contribution in [0.1, 0.15) is 65.2 Å². The second kappa shape index (κ2) is 9.74. The van der Waals surface area contributed by atoms with E-state index in [0.29, 0.717) is 19.0 Å². The van der Waals surface area contributed by atoms with E-state index in [0.717, 1.165) is 25.3 Å². The Hall–Kier alpha value is -0.130. The van der Waals surface area contributed by atoms with Gasteiger partial charge in [0.25, 0.3) is 0 Å². The highest BCUT2D eigenvalue weighted by Crippen LogP contribution is 2.18. The molecule has 0 radical (unpaired) electrons. The van der Waals surface area contributed by atoms with E-state index in [1.807, 2.05) is 0 Å². The summed E-state index contributed by atoms with van der Waals surface area (Å²) in [6, 6.07) is 0.663. The molecule has 0 atom stereocenters. The van der Waals surface area contributed by atoms with Crippen molar-refractivity contribution in [1.82, 2.24) is 10.0 Å². The van der Waals surface area contributed by atoms with Gasteiger partial charge in [0.15, 0.2) is 0 Å². The Morgan fingerprint density at radius 2 is 1.70 bits per heavy atom. The Bertz CT molecular complexity index is 338. The lowest BCUT2D eigenvalue weighted by atomic mass is 10.0. The number of hydrogen-bond acceptors (Lipinski definition) is 3. The molecule has 0 saturated heterocycles. The summed E-state index contributed by atoms with van der Waals surface area (Å²) in [4.78, 5) is 0. The zero-order valence-electron chi connectivity index (χ0n) is 13.2. The molecule has 4 nitrogen and oxygen atoms in total. The molecule has 0 bridgehead atoms. The summed E-state index contributed by atoms with van der Waals surface area (Å²) in [5, 5.41) is 3.34. The Morgan fingerprint density at radius 1 is 1.00 bits per heavy atom. The minimum atomic E-state index is -3.06. The van der Waals surface area contributed by atoms with Gasteiger partial charge in [-0.15, -0.1) is 0 Å². The van der Waals surface area contributed by atoms with Gasteiger partial charge in [-0.3, -0.25) is 0 Å². The second-order valence-corrected chi connectivity index (χ2v) is 8.32. The van der Waals surface area contributed by atoms with E-state index in [9.17, 15) is 8.42 Å². The van der Waals surface area contributed by atoms with Gasteiger partial charge in [0.05, 0.1) is 5.75 Å². The fourth-order valence-electron chi connectivity index (χ4n) is 2.19. The molecule has 1 fully saturated rings. The number of hydrogen-bond donors (Lipinski definition) is 2. The molecule has 2 N–H and O–H groups in total. The van der Waals surface area contributed by atoms with Crippen LogP contribution in [0.4, 0.5) is 0 Å². The summed E-state index contributed by atoms with van der Waals surface area (Å²) in [5.41, 5.74) is 0. The fourth-order valence-corrected chi connectivity index (χ4v) is 3.31. The molecule has 0 unspecified atom stereocenters. The summed E-state index contributed by atoms with van der Waals surface area (Å²) < 4.78 is 26.2. The van der Waals surface area contributed by atoms with Crippen LogP contribution in [0, 0.1) is 5.92 Å². The number of sulfonamides is 1. The standard InChI is InChI=1S/C15H32N2O2S/c1-14(2)8-5-3-4-6-12-17-20(18,19)13-7-11-16-15-9-10-15/h14-17H,3-13H2,1-2H3. The molecule has 20 heavy (non-hydrogen) atoms. The Balaban J connectivity index is 1.90. The highest BCUT2D eigenvalue weighted by molar-refractivity contribution is 7.89. The van der Waals surface area contributed by atoms with Crippen molar-refractivity contribution in [3.63, 3.8) is 0 Å². The molecule has 1 aliphatic carbocycles. The summed E-state index contributed by atoms with van der Waals surface area (Å²) >= 11 is 0. The van der Waals surface area contributed by atoms with Crippen molar-refractivity contribution in [1.29, 1.82) is 0 Å². The molecule has 1 aliphatic rings. The average molecular weight is 305 g/mol. The first-order valence-electron chi connectivity index (χ1n) is 8.20. The highest BCUT2D eigenvalue weighted by atomic mass is 32.2. The lowest BCUT2D eigenvalue weighted by Gasteiger charge is -2.07. The van der Waals surface area contributed by atoms with Crippen LogP contribution in [0.25, 0.3) is 0 Å². The van der Waals surface area contributed by atoms with Gasteiger partial charge in [-0.1, -0.05) is 39.5 Å². The Labute approximate surface area is 125 Å². The first kappa shape index (κ1) is 17.9. The summed E-state index contributed by atoms with van der Waals surface area (Å²) in [7, 11) is -3.06. The maximum atomic E-state index is 11.7. The van der Waals surface area contributed by atoms with Gasteiger partial charge in [-0.2, -0.15) is 0 Å². The van der Waals surface area contributed by atoms with Gasteiger partial charge in [0.2, 0.25) is 10.0 Å². The molecule has 0 aromatic rings. The molecular weight excluding hydrogens is 272 g/mol. The van der Waals surface area contributed by atoms with Crippen LogP contribution < -0.4 is 10.0 Å². The fraction of sp³-hybridized carbons (Fsp3) is 1.00. The van der Waals surface area contributed by atoms with E-state index in [1.165, 1.54) is 32.1 Å². The molecule has 0 spiro atoms. The molecule has 1 saturated carbocycles. The van der Waals surface area contributed by atoms with E-state index in [-0.39, 0.29) is 5.75 Å². The summed E-state index contributed by atoms with van der Waals surface area (Å²) in [6.07, 6.45) is 9.04. The minimum absolute atomic E-state index is 0.250. The van der Waals surface area contributed by atoms with Gasteiger partial charge in [-0.25, -0.2) is 13.1 Å². The van der Waals surface area contributed by atoms with Crippen LogP contribution in [0.5, 0.6) is 0 Å². The number of rotatable bonds is 13. The first-order chi connectivity index (χ1) is 9.49. The Morgan fingerprint density at radius 3 is 2.35 bits per heavy atom. The Kier molecular flexibility index (Phi) is 8.73. The van der Waals surface area contributed by atoms with Gasteiger partial charge in [-0.05, 0) is 38.1 Å². The van der Waals surface area contributed by atoms with E-state index < -0.39 is 10.0 Å². The van der Waals surface area contributed by atoms with E-state index in [4.69, 9.17) is 0 Å². The third kappa shape index (κ3) is 10.6. The summed E-state index contributed by atoms with van der Waals surface area (Å²) in [5.74, 6) is 1.03. The largest absolute Gasteiger partial charge is 0.314 e. The average Bonchev–Trinajstić information content (AvgIpc) is 3.17. The van der Waals surface area contributed by atoms with Crippen LogP contribution in [0.2, 0.25) is 0 Å². The minimum Gasteiger partial charge on any atom is -0.314 e. The van der Waals surface area contributed by atoms with Crippen molar-refractivity contribution in [2.24, 2.45) is 5.92 Å². The SMILES string of the molecule is CC(C)CCCCCCNS(=O)(=O)CCCNC1CC1. The summed E-state index contributed by atoms with van der Waals surface area (Å²) in [6.45, 7) is 5.90. The van der Waals surface area contributed by atoms with Gasteiger partial charge < -0.3 is 5.32 Å². The lowest BCUT2D eigenvalue weighted by molar-refractivity contribution is 0.517. The number of unbranched alkanes of at least 4 members (excludes halogenated alkanes) is 3. The molecule has 0 aliphatic heterocycles. The highest BCUT2D eigenvalue weighted by Gasteiger charge is 2.20. The predicted molar refractivity (Wildman–Crippen MR) is 85.4 cm³/mol. The van der Waals surface area contributed by atoms with Gasteiger partial charge in [0.1, 0.15) is 0 Å². The van der Waals surface area contributed by atoms with Gasteiger partial charge in [0, 0.05) is 12.6 Å². The molecule has 120 valence electrons. The zero-order valence-corrected chi connectivity index (χ0v) is 14.0.